The number of aliphatic carboxylic acids is 1. The highest BCUT2D eigenvalue weighted by molar-refractivity contribution is 5.86. The molecule has 2 aromatic carbocycles. The smallest absolute Gasteiger partial charge is 0.315 e. The molecule has 2 aliphatic carbocycles. The van der Waals surface area contributed by atoms with Gasteiger partial charge in [-0.2, -0.15) is 0 Å². The van der Waals surface area contributed by atoms with Crippen LogP contribution >= 0.6 is 0 Å². The largest absolute Gasteiger partial charge is 0.481 e. The van der Waals surface area contributed by atoms with Gasteiger partial charge in [0.15, 0.2) is 0 Å². The lowest BCUT2D eigenvalue weighted by atomic mass is 9.78. The van der Waals surface area contributed by atoms with Crippen LogP contribution in [0.5, 0.6) is 0 Å². The number of benzene rings is 2. The highest BCUT2D eigenvalue weighted by Gasteiger charge is 2.75. The van der Waals surface area contributed by atoms with Crippen LogP contribution in [0.1, 0.15) is 61.0 Å². The lowest BCUT2D eigenvalue weighted by Crippen LogP contribution is -2.43. The minimum atomic E-state index is -3.33. The van der Waals surface area contributed by atoms with Crippen LogP contribution in [0.15, 0.2) is 60.9 Å². The molecule has 3 atom stereocenters. The Morgan fingerprint density at radius 1 is 1.13 bits per heavy atom. The summed E-state index contributed by atoms with van der Waals surface area (Å²) in [6, 6.07) is 15.2. The summed E-state index contributed by atoms with van der Waals surface area (Å²) in [6.07, 6.45) is 2.62. The van der Waals surface area contributed by atoms with Crippen LogP contribution in [0.3, 0.4) is 0 Å². The Hall–Kier alpha value is -3.88. The van der Waals surface area contributed by atoms with E-state index < -0.39 is 35.8 Å². The first-order valence-corrected chi connectivity index (χ1v) is 12.6. The molecule has 0 amide bonds. The summed E-state index contributed by atoms with van der Waals surface area (Å²) in [6.45, 7) is 1.53. The first-order chi connectivity index (χ1) is 18.1. The van der Waals surface area contributed by atoms with Crippen molar-refractivity contribution < 1.29 is 23.1 Å². The number of rotatable bonds is 6. The second-order valence-corrected chi connectivity index (χ2v) is 10.8. The zero-order valence-electron chi connectivity index (χ0n) is 20.8. The summed E-state index contributed by atoms with van der Waals surface area (Å²) in [5, 5.41) is 9.75. The number of halogens is 3. The molecular weight excluding hydrogens is 493 g/mol. The Balaban J connectivity index is 1.42. The van der Waals surface area contributed by atoms with E-state index >= 15 is 8.78 Å². The number of nitrogens with two attached hydrogens (primary N) is 1. The fourth-order valence-corrected chi connectivity index (χ4v) is 6.58. The monoisotopic (exact) mass is 520 g/mol. The third kappa shape index (κ3) is 3.37. The number of hydrogen-bond acceptors (Lipinski definition) is 4. The predicted octanol–water partition coefficient (Wildman–Crippen LogP) is 6.13. The highest BCUT2D eigenvalue weighted by Crippen LogP contribution is 2.68. The van der Waals surface area contributed by atoms with Crippen molar-refractivity contribution >= 4 is 17.3 Å². The Bertz CT molecular complexity index is 1570. The zero-order chi connectivity index (χ0) is 26.9. The molecule has 0 aliphatic heterocycles. The SMILES string of the molecule is C[C@@H](c1ccc(-c2nc(C34CCC(C(=O)O)(C3)C(F)(F)C4)n3ccnc(N)c23)cc1)c1cccc(CF)c1. The molecule has 38 heavy (non-hydrogen) atoms. The van der Waals surface area contributed by atoms with Gasteiger partial charge < -0.3 is 10.8 Å². The molecule has 4 aromatic rings. The Labute approximate surface area is 217 Å². The molecule has 0 saturated heterocycles. The number of hydrogen-bond donors (Lipinski definition) is 2. The number of anilines is 1. The summed E-state index contributed by atoms with van der Waals surface area (Å²) in [5.74, 6) is -4.15. The van der Waals surface area contributed by atoms with E-state index in [1.165, 1.54) is 6.20 Å². The van der Waals surface area contributed by atoms with Crippen LogP contribution in [-0.4, -0.2) is 31.4 Å². The number of fused-ring (bicyclic) bond motifs is 3. The summed E-state index contributed by atoms with van der Waals surface area (Å²) in [5.41, 5.74) is 7.53. The summed E-state index contributed by atoms with van der Waals surface area (Å²) in [7, 11) is 0. The van der Waals surface area contributed by atoms with Crippen molar-refractivity contribution in [1.29, 1.82) is 0 Å². The number of carbonyl (C=O) groups is 1. The van der Waals surface area contributed by atoms with Gasteiger partial charge in [0, 0.05) is 35.7 Å². The molecule has 6 nitrogen and oxygen atoms in total. The Kier molecular flexibility index (Phi) is 5.35. The average molecular weight is 521 g/mol. The van der Waals surface area contributed by atoms with Gasteiger partial charge in [0.2, 0.25) is 0 Å². The van der Waals surface area contributed by atoms with Crippen LogP contribution < -0.4 is 5.73 Å². The third-order valence-corrected chi connectivity index (χ3v) is 8.69. The number of aromatic nitrogens is 3. The topological polar surface area (TPSA) is 93.5 Å². The molecule has 2 aliphatic rings. The van der Waals surface area contributed by atoms with Crippen molar-refractivity contribution in [2.45, 2.75) is 56.5 Å². The number of imidazole rings is 1. The van der Waals surface area contributed by atoms with Gasteiger partial charge in [-0.05, 0) is 36.0 Å². The van der Waals surface area contributed by atoms with E-state index in [-0.39, 0.29) is 24.6 Å². The predicted molar refractivity (Wildman–Crippen MR) is 137 cm³/mol. The zero-order valence-corrected chi connectivity index (χ0v) is 20.8. The van der Waals surface area contributed by atoms with E-state index in [0.717, 1.165) is 16.7 Å². The van der Waals surface area contributed by atoms with Gasteiger partial charge in [0.25, 0.3) is 5.92 Å². The van der Waals surface area contributed by atoms with E-state index in [0.29, 0.717) is 29.0 Å². The lowest BCUT2D eigenvalue weighted by Gasteiger charge is -2.32. The molecule has 2 unspecified atom stereocenters. The van der Waals surface area contributed by atoms with Gasteiger partial charge in [0.1, 0.15) is 34.9 Å². The fraction of sp³-hybridized carbons (Fsp3) is 0.345. The first-order valence-electron chi connectivity index (χ1n) is 12.6. The molecule has 2 saturated carbocycles. The highest BCUT2D eigenvalue weighted by atomic mass is 19.3. The maximum Gasteiger partial charge on any atom is 0.315 e. The second kappa shape index (κ2) is 8.31. The number of alkyl halides is 3. The van der Waals surface area contributed by atoms with Crippen molar-refractivity contribution in [2.75, 3.05) is 5.73 Å². The second-order valence-electron chi connectivity index (χ2n) is 10.8. The van der Waals surface area contributed by atoms with E-state index in [9.17, 15) is 14.3 Å². The molecule has 196 valence electrons. The lowest BCUT2D eigenvalue weighted by molar-refractivity contribution is -0.174. The molecule has 2 heterocycles. The first kappa shape index (κ1) is 24.5. The third-order valence-electron chi connectivity index (χ3n) is 8.69. The van der Waals surface area contributed by atoms with Crippen LogP contribution in [0.4, 0.5) is 19.0 Å². The van der Waals surface area contributed by atoms with Crippen LogP contribution in [0.25, 0.3) is 16.8 Å². The number of nitrogen functional groups attached to an aromatic ring is 1. The van der Waals surface area contributed by atoms with Crippen molar-refractivity contribution in [3.63, 3.8) is 0 Å². The summed E-state index contributed by atoms with van der Waals surface area (Å²) in [4.78, 5) is 21.1. The molecule has 6 rings (SSSR count). The normalized spacial score (nSPS) is 24.6. The van der Waals surface area contributed by atoms with Gasteiger partial charge in [-0.25, -0.2) is 23.1 Å². The van der Waals surface area contributed by atoms with Gasteiger partial charge in [-0.1, -0.05) is 55.5 Å². The number of carboxylic acid groups (broad SMARTS) is 1. The average Bonchev–Trinajstić information content (AvgIpc) is 3.57. The van der Waals surface area contributed by atoms with Gasteiger partial charge in [0.05, 0.1) is 0 Å². The quantitative estimate of drug-likeness (QED) is 0.319. The minimum Gasteiger partial charge on any atom is -0.481 e. The van der Waals surface area contributed by atoms with Crippen molar-refractivity contribution in [1.82, 2.24) is 14.4 Å². The van der Waals surface area contributed by atoms with Crippen molar-refractivity contribution in [3.05, 3.63) is 83.4 Å². The number of carboxylic acids is 1. The molecule has 3 N–H and O–H groups in total. The summed E-state index contributed by atoms with van der Waals surface area (Å²) < 4.78 is 45.1. The molecule has 9 heteroatoms. The molecule has 0 spiro atoms. The molecular formula is C29H27F3N4O2. The van der Waals surface area contributed by atoms with E-state index in [2.05, 4.69) is 4.98 Å². The van der Waals surface area contributed by atoms with Gasteiger partial charge >= 0.3 is 5.97 Å². The minimum absolute atomic E-state index is 0.0267. The Morgan fingerprint density at radius 3 is 2.55 bits per heavy atom. The molecule has 2 fully saturated rings. The van der Waals surface area contributed by atoms with E-state index in [1.807, 2.05) is 49.4 Å². The van der Waals surface area contributed by atoms with Crippen LogP contribution in [0, 0.1) is 5.41 Å². The molecule has 2 aromatic heterocycles. The van der Waals surface area contributed by atoms with Gasteiger partial charge in [-0.15, -0.1) is 0 Å². The molecule has 2 bridgehead atoms. The van der Waals surface area contributed by atoms with Crippen molar-refractivity contribution in [3.8, 4) is 11.3 Å². The Morgan fingerprint density at radius 2 is 1.89 bits per heavy atom. The van der Waals surface area contributed by atoms with Crippen LogP contribution in [0.2, 0.25) is 0 Å². The fourth-order valence-electron chi connectivity index (χ4n) is 6.58. The summed E-state index contributed by atoms with van der Waals surface area (Å²) >= 11 is 0. The number of nitrogens with zero attached hydrogens (tertiary/aromatic N) is 3. The van der Waals surface area contributed by atoms with E-state index in [4.69, 9.17) is 10.7 Å². The standard InChI is InChI=1S/C29H27F3N4O2/c1-17(21-4-2-3-18(13-21)14-30)19-5-7-20(8-6-19)22-23-24(33)34-11-12-36(23)25(35-22)27-9-10-28(15-27,26(37)38)29(31,32)16-27/h2-8,11-13,17H,9-10,14-16H2,1H3,(H2,33,34)(H,37,38)/t17-,27?,28?/m0/s1. The van der Waals surface area contributed by atoms with Crippen LogP contribution in [-0.2, 0) is 16.9 Å². The van der Waals surface area contributed by atoms with Crippen molar-refractivity contribution in [2.24, 2.45) is 5.41 Å². The molecule has 0 radical (unpaired) electrons. The maximum atomic E-state index is 15.1. The van der Waals surface area contributed by atoms with Gasteiger partial charge in [-0.3, -0.25) is 9.20 Å². The van der Waals surface area contributed by atoms with E-state index in [1.54, 1.807) is 16.7 Å². The maximum absolute atomic E-state index is 15.1.